The smallest absolute Gasteiger partial charge is 0.0611 e. The predicted molar refractivity (Wildman–Crippen MR) is 73.4 cm³/mol. The second kappa shape index (κ2) is 11.0. The maximum atomic E-state index is 9.30. The van der Waals surface area contributed by atoms with Crippen molar-refractivity contribution < 1.29 is 9.84 Å². The number of likely N-dealkylation sites (N-methyl/N-ethyl adjacent to an activating group) is 1. The Morgan fingerprint density at radius 2 is 1.76 bits per heavy atom. The van der Waals surface area contributed by atoms with Gasteiger partial charge < -0.3 is 15.2 Å². The van der Waals surface area contributed by atoms with Crippen LogP contribution < -0.4 is 5.32 Å². The molecule has 0 heterocycles. The van der Waals surface area contributed by atoms with Gasteiger partial charge in [-0.1, -0.05) is 39.5 Å². The summed E-state index contributed by atoms with van der Waals surface area (Å²) in [5.41, 5.74) is -0.184. The number of rotatable bonds is 12. The average Bonchev–Trinajstić information content (AvgIpc) is 2.33. The van der Waals surface area contributed by atoms with Gasteiger partial charge in [0.1, 0.15) is 0 Å². The highest BCUT2D eigenvalue weighted by atomic mass is 16.5. The van der Waals surface area contributed by atoms with Gasteiger partial charge in [0.15, 0.2) is 0 Å². The molecule has 0 aromatic heterocycles. The second-order valence-electron chi connectivity index (χ2n) is 5.03. The SMILES string of the molecule is CCCCCCCOCCC(C)(CO)NCC. The molecule has 0 amide bonds. The highest BCUT2D eigenvalue weighted by Crippen LogP contribution is 2.09. The van der Waals surface area contributed by atoms with Gasteiger partial charge in [-0.25, -0.2) is 0 Å². The fourth-order valence-corrected chi connectivity index (χ4v) is 1.86. The summed E-state index contributed by atoms with van der Waals surface area (Å²) in [7, 11) is 0. The standard InChI is InChI=1S/C14H31NO2/c1-4-6-7-8-9-11-17-12-10-14(3,13-16)15-5-2/h15-16H,4-13H2,1-3H3. The molecule has 1 unspecified atom stereocenters. The van der Waals surface area contributed by atoms with Gasteiger partial charge in [-0.15, -0.1) is 0 Å². The van der Waals surface area contributed by atoms with E-state index in [1.54, 1.807) is 0 Å². The Labute approximate surface area is 107 Å². The molecule has 0 saturated carbocycles. The average molecular weight is 245 g/mol. The first kappa shape index (κ1) is 16.9. The third-order valence-electron chi connectivity index (χ3n) is 3.14. The first-order valence-electron chi connectivity index (χ1n) is 7.12. The zero-order valence-corrected chi connectivity index (χ0v) is 11.9. The minimum Gasteiger partial charge on any atom is -0.394 e. The number of hydrogen-bond donors (Lipinski definition) is 2. The van der Waals surface area contributed by atoms with Crippen molar-refractivity contribution in [2.75, 3.05) is 26.4 Å². The molecule has 0 saturated heterocycles. The van der Waals surface area contributed by atoms with E-state index in [1.807, 2.05) is 6.92 Å². The number of hydrogen-bond acceptors (Lipinski definition) is 3. The first-order valence-corrected chi connectivity index (χ1v) is 7.12. The molecule has 17 heavy (non-hydrogen) atoms. The molecule has 0 aromatic rings. The van der Waals surface area contributed by atoms with E-state index < -0.39 is 0 Å². The number of unbranched alkanes of at least 4 members (excludes halogenated alkanes) is 4. The van der Waals surface area contributed by atoms with E-state index in [9.17, 15) is 5.11 Å². The maximum Gasteiger partial charge on any atom is 0.0611 e. The van der Waals surface area contributed by atoms with Gasteiger partial charge in [-0.3, -0.25) is 0 Å². The lowest BCUT2D eigenvalue weighted by atomic mass is 10.00. The molecular weight excluding hydrogens is 214 g/mol. The van der Waals surface area contributed by atoms with Crippen molar-refractivity contribution >= 4 is 0 Å². The summed E-state index contributed by atoms with van der Waals surface area (Å²) >= 11 is 0. The summed E-state index contributed by atoms with van der Waals surface area (Å²) < 4.78 is 5.61. The van der Waals surface area contributed by atoms with Crippen LogP contribution in [0.15, 0.2) is 0 Å². The molecular formula is C14H31NO2. The van der Waals surface area contributed by atoms with Crippen molar-refractivity contribution in [3.8, 4) is 0 Å². The largest absolute Gasteiger partial charge is 0.394 e. The molecule has 0 bridgehead atoms. The fraction of sp³-hybridized carbons (Fsp3) is 1.00. The van der Waals surface area contributed by atoms with Crippen molar-refractivity contribution in [1.82, 2.24) is 5.32 Å². The molecule has 0 aromatic carbocycles. The monoisotopic (exact) mass is 245 g/mol. The van der Waals surface area contributed by atoms with Gasteiger partial charge in [0.05, 0.1) is 6.61 Å². The molecule has 0 rings (SSSR count). The van der Waals surface area contributed by atoms with Gasteiger partial charge in [0.2, 0.25) is 0 Å². The lowest BCUT2D eigenvalue weighted by molar-refractivity contribution is 0.0854. The molecule has 0 aliphatic heterocycles. The molecule has 1 atom stereocenters. The molecule has 2 N–H and O–H groups in total. The first-order chi connectivity index (χ1) is 8.18. The van der Waals surface area contributed by atoms with Crippen LogP contribution in [-0.2, 0) is 4.74 Å². The Morgan fingerprint density at radius 1 is 1.06 bits per heavy atom. The molecule has 0 spiro atoms. The summed E-state index contributed by atoms with van der Waals surface area (Å²) in [6.45, 7) is 8.97. The van der Waals surface area contributed by atoms with E-state index in [2.05, 4.69) is 19.2 Å². The Hall–Kier alpha value is -0.120. The number of nitrogens with one attached hydrogen (secondary N) is 1. The number of aliphatic hydroxyl groups excluding tert-OH is 1. The molecule has 0 radical (unpaired) electrons. The Morgan fingerprint density at radius 3 is 2.35 bits per heavy atom. The van der Waals surface area contributed by atoms with E-state index in [-0.39, 0.29) is 12.1 Å². The Kier molecular flexibility index (Phi) is 10.9. The van der Waals surface area contributed by atoms with Crippen molar-refractivity contribution in [2.45, 2.75) is 64.8 Å². The van der Waals surface area contributed by atoms with Crippen LogP contribution >= 0.6 is 0 Å². The fourth-order valence-electron chi connectivity index (χ4n) is 1.86. The van der Waals surface area contributed by atoms with Gasteiger partial charge in [-0.05, 0) is 26.3 Å². The summed E-state index contributed by atoms with van der Waals surface area (Å²) in [6, 6.07) is 0. The summed E-state index contributed by atoms with van der Waals surface area (Å²) in [5.74, 6) is 0. The van der Waals surface area contributed by atoms with Gasteiger partial charge in [0.25, 0.3) is 0 Å². The lowest BCUT2D eigenvalue weighted by Crippen LogP contribution is -2.46. The van der Waals surface area contributed by atoms with Crippen molar-refractivity contribution in [2.24, 2.45) is 0 Å². The van der Waals surface area contributed by atoms with Crippen molar-refractivity contribution in [1.29, 1.82) is 0 Å². The van der Waals surface area contributed by atoms with Crippen LogP contribution in [0.3, 0.4) is 0 Å². The normalized spacial score (nSPS) is 14.8. The summed E-state index contributed by atoms with van der Waals surface area (Å²) in [6.07, 6.45) is 7.26. The zero-order valence-electron chi connectivity index (χ0n) is 11.9. The van der Waals surface area contributed by atoms with Gasteiger partial charge >= 0.3 is 0 Å². The maximum absolute atomic E-state index is 9.30. The Bertz CT molecular complexity index is 164. The van der Waals surface area contributed by atoms with Gasteiger partial charge in [-0.2, -0.15) is 0 Å². The second-order valence-corrected chi connectivity index (χ2v) is 5.03. The number of ether oxygens (including phenoxy) is 1. The predicted octanol–water partition coefficient (Wildman–Crippen LogP) is 2.72. The topological polar surface area (TPSA) is 41.5 Å². The molecule has 104 valence electrons. The number of aliphatic hydroxyl groups is 1. The molecule has 3 heteroatoms. The van der Waals surface area contributed by atoms with Crippen molar-refractivity contribution in [3.05, 3.63) is 0 Å². The minimum atomic E-state index is -0.184. The molecule has 3 nitrogen and oxygen atoms in total. The van der Waals surface area contributed by atoms with Crippen LogP contribution in [0, 0.1) is 0 Å². The summed E-state index contributed by atoms with van der Waals surface area (Å²) in [4.78, 5) is 0. The van der Waals surface area contributed by atoms with Gasteiger partial charge in [0, 0.05) is 18.8 Å². The highest BCUT2D eigenvalue weighted by Gasteiger charge is 2.20. The quantitative estimate of drug-likeness (QED) is 0.519. The minimum absolute atomic E-state index is 0.167. The zero-order chi connectivity index (χ0) is 13.0. The van der Waals surface area contributed by atoms with E-state index >= 15 is 0 Å². The van der Waals surface area contributed by atoms with Crippen LogP contribution in [0.5, 0.6) is 0 Å². The van der Waals surface area contributed by atoms with Crippen LogP contribution in [0.1, 0.15) is 59.3 Å². The molecule has 0 fully saturated rings. The summed E-state index contributed by atoms with van der Waals surface area (Å²) in [5, 5.41) is 12.6. The van der Waals surface area contributed by atoms with E-state index in [0.29, 0.717) is 0 Å². The van der Waals surface area contributed by atoms with E-state index in [4.69, 9.17) is 4.74 Å². The van der Waals surface area contributed by atoms with Crippen LogP contribution in [0.2, 0.25) is 0 Å². The van der Waals surface area contributed by atoms with Crippen LogP contribution in [0.4, 0.5) is 0 Å². The third kappa shape index (κ3) is 9.57. The van der Waals surface area contributed by atoms with Crippen molar-refractivity contribution in [3.63, 3.8) is 0 Å². The molecule has 0 aliphatic carbocycles. The van der Waals surface area contributed by atoms with E-state index in [0.717, 1.165) is 32.6 Å². The van der Waals surface area contributed by atoms with E-state index in [1.165, 1.54) is 25.7 Å². The highest BCUT2D eigenvalue weighted by molar-refractivity contribution is 4.81. The molecule has 0 aliphatic rings. The van der Waals surface area contributed by atoms with Crippen LogP contribution in [0.25, 0.3) is 0 Å². The lowest BCUT2D eigenvalue weighted by Gasteiger charge is -2.28. The Balaban J connectivity index is 3.37. The third-order valence-corrected chi connectivity index (χ3v) is 3.14. The van der Waals surface area contributed by atoms with Crippen LogP contribution in [-0.4, -0.2) is 37.0 Å².